The predicted octanol–water partition coefficient (Wildman–Crippen LogP) is 3.46. The Balaban J connectivity index is 1.42. The van der Waals surface area contributed by atoms with Crippen LogP contribution in [0.3, 0.4) is 0 Å². The second kappa shape index (κ2) is 7.94. The minimum Gasteiger partial charge on any atom is -0.466 e. The Morgan fingerprint density at radius 2 is 1.87 bits per heavy atom. The number of hydrogen-bond donors (Lipinski definition) is 1. The van der Waals surface area contributed by atoms with E-state index in [1.165, 1.54) is 22.5 Å². The van der Waals surface area contributed by atoms with Gasteiger partial charge in [-0.15, -0.1) is 0 Å². The van der Waals surface area contributed by atoms with Gasteiger partial charge in [0.05, 0.1) is 6.04 Å². The van der Waals surface area contributed by atoms with Crippen LogP contribution in [0, 0.1) is 18.2 Å². The molecule has 31 heavy (non-hydrogen) atoms. The second-order valence-electron chi connectivity index (χ2n) is 9.10. The third-order valence-corrected chi connectivity index (χ3v) is 7.95. The number of nitrogens with one attached hydrogen (secondary N) is 1. The fraction of sp³-hybridized carbons (Fsp3) is 0.500. The van der Waals surface area contributed by atoms with E-state index in [-0.39, 0.29) is 48.6 Å². The van der Waals surface area contributed by atoms with Gasteiger partial charge in [0.25, 0.3) is 0 Å². The molecule has 2 heterocycles. The average molecular weight is 450 g/mol. The van der Waals surface area contributed by atoms with Gasteiger partial charge in [0.1, 0.15) is 22.2 Å². The number of piperazine rings is 1. The summed E-state index contributed by atoms with van der Waals surface area (Å²) >= 11 is 0. The van der Waals surface area contributed by atoms with Crippen molar-refractivity contribution in [1.29, 1.82) is 0 Å². The molecular formula is C22H28FN3O4S. The van der Waals surface area contributed by atoms with E-state index < -0.39 is 15.8 Å². The summed E-state index contributed by atoms with van der Waals surface area (Å²) in [5, 5.41) is 3.11. The molecule has 2 amide bonds. The number of halogens is 1. The number of sulfonamides is 1. The molecule has 0 spiro atoms. The summed E-state index contributed by atoms with van der Waals surface area (Å²) in [6, 6.07) is 6.95. The number of furan rings is 1. The van der Waals surface area contributed by atoms with Crippen molar-refractivity contribution in [2.75, 3.05) is 26.2 Å². The van der Waals surface area contributed by atoms with Crippen LogP contribution in [0.2, 0.25) is 0 Å². The van der Waals surface area contributed by atoms with Crippen LogP contribution >= 0.6 is 0 Å². The number of amides is 2. The first kappa shape index (κ1) is 21.8. The Bertz CT molecular complexity index is 1090. The number of benzene rings is 1. The predicted molar refractivity (Wildman–Crippen MR) is 114 cm³/mol. The number of rotatable bonds is 3. The number of nitrogens with zero attached hydrogens (tertiary/aromatic N) is 2. The fourth-order valence-electron chi connectivity index (χ4n) is 4.48. The first-order chi connectivity index (χ1) is 14.6. The molecule has 168 valence electrons. The topological polar surface area (TPSA) is 82.9 Å². The van der Waals surface area contributed by atoms with E-state index >= 15 is 0 Å². The van der Waals surface area contributed by atoms with Gasteiger partial charge in [0, 0.05) is 38.2 Å². The van der Waals surface area contributed by atoms with Crippen molar-refractivity contribution >= 4 is 16.1 Å². The number of fused-ring (bicyclic) bond motifs is 1. The minimum atomic E-state index is -3.93. The van der Waals surface area contributed by atoms with Crippen LogP contribution in [-0.4, -0.2) is 49.8 Å². The van der Waals surface area contributed by atoms with Crippen molar-refractivity contribution in [3.63, 3.8) is 0 Å². The zero-order chi connectivity index (χ0) is 22.4. The summed E-state index contributed by atoms with van der Waals surface area (Å²) in [6.45, 7) is 6.93. The van der Waals surface area contributed by atoms with Crippen LogP contribution in [0.25, 0.3) is 0 Å². The highest BCUT2D eigenvalue weighted by atomic mass is 32.2. The van der Waals surface area contributed by atoms with Gasteiger partial charge < -0.3 is 14.6 Å². The molecule has 1 aromatic carbocycles. The summed E-state index contributed by atoms with van der Waals surface area (Å²) in [4.78, 5) is 14.2. The van der Waals surface area contributed by atoms with Crippen LogP contribution in [0.15, 0.2) is 39.6 Å². The van der Waals surface area contributed by atoms with Crippen molar-refractivity contribution < 1.29 is 22.0 Å². The number of carbonyl (C=O) groups is 1. The highest BCUT2D eigenvalue weighted by molar-refractivity contribution is 7.89. The molecule has 7 nitrogen and oxygen atoms in total. The summed E-state index contributed by atoms with van der Waals surface area (Å²) in [5.74, 6) is 0.975. The summed E-state index contributed by atoms with van der Waals surface area (Å²) < 4.78 is 46.6. The second-order valence-corrected chi connectivity index (χ2v) is 11.0. The Morgan fingerprint density at radius 1 is 1.19 bits per heavy atom. The molecule has 1 aliphatic heterocycles. The first-order valence-corrected chi connectivity index (χ1v) is 11.9. The van der Waals surface area contributed by atoms with Gasteiger partial charge in [0.15, 0.2) is 0 Å². The lowest BCUT2D eigenvalue weighted by Gasteiger charge is -2.38. The van der Waals surface area contributed by atoms with Crippen molar-refractivity contribution in [3.05, 3.63) is 53.2 Å². The van der Waals surface area contributed by atoms with Crippen LogP contribution < -0.4 is 5.32 Å². The quantitative estimate of drug-likeness (QED) is 0.778. The van der Waals surface area contributed by atoms with Gasteiger partial charge in [-0.05, 0) is 37.0 Å². The Morgan fingerprint density at radius 3 is 2.55 bits per heavy atom. The van der Waals surface area contributed by atoms with Crippen molar-refractivity contribution in [2.24, 2.45) is 5.41 Å². The monoisotopic (exact) mass is 449 g/mol. The van der Waals surface area contributed by atoms with E-state index in [9.17, 15) is 17.6 Å². The number of carbonyl (C=O) groups excluding carboxylic acids is 1. The van der Waals surface area contributed by atoms with Gasteiger partial charge in [-0.2, -0.15) is 4.31 Å². The molecule has 0 saturated carbocycles. The Hall–Kier alpha value is -2.39. The lowest BCUT2D eigenvalue weighted by atomic mass is 9.75. The van der Waals surface area contributed by atoms with E-state index in [2.05, 4.69) is 19.2 Å². The maximum atomic E-state index is 14.0. The SMILES string of the molecule is Cc1cc2c(o1)CC(C)(C)CC2NC(=O)N1CCN(S(=O)(=O)c2ccccc2F)CC1. The molecule has 1 saturated heterocycles. The minimum absolute atomic E-state index is 0.00176. The van der Waals surface area contributed by atoms with Crippen LogP contribution in [0.1, 0.15) is 43.4 Å². The van der Waals surface area contributed by atoms with Gasteiger partial charge in [-0.3, -0.25) is 0 Å². The van der Waals surface area contributed by atoms with Crippen LogP contribution in [-0.2, 0) is 16.4 Å². The lowest BCUT2D eigenvalue weighted by Crippen LogP contribution is -2.54. The molecule has 1 aliphatic carbocycles. The molecule has 1 fully saturated rings. The first-order valence-electron chi connectivity index (χ1n) is 10.5. The molecule has 2 aliphatic rings. The zero-order valence-electron chi connectivity index (χ0n) is 18.0. The summed E-state index contributed by atoms with van der Waals surface area (Å²) in [7, 11) is -3.93. The molecule has 1 aromatic heterocycles. The number of urea groups is 1. The largest absolute Gasteiger partial charge is 0.466 e. The highest BCUT2D eigenvalue weighted by Crippen LogP contribution is 2.42. The van der Waals surface area contributed by atoms with Gasteiger partial charge >= 0.3 is 6.03 Å². The molecule has 2 aromatic rings. The van der Waals surface area contributed by atoms with E-state index in [4.69, 9.17) is 4.42 Å². The number of hydrogen-bond acceptors (Lipinski definition) is 4. The summed E-state index contributed by atoms with van der Waals surface area (Å²) in [5.41, 5.74) is 1.02. The standard InChI is InChI=1S/C22H28FN3O4S/c1-15-12-16-18(13-22(2,3)14-19(16)30-15)24-21(27)25-8-10-26(11-9-25)31(28,29)20-7-5-4-6-17(20)23/h4-7,12,18H,8-11,13-14H2,1-3H3,(H,24,27). The Labute approximate surface area is 182 Å². The van der Waals surface area contributed by atoms with E-state index in [1.807, 2.05) is 13.0 Å². The molecular weight excluding hydrogens is 421 g/mol. The average Bonchev–Trinajstić information content (AvgIpc) is 3.07. The Kier molecular flexibility index (Phi) is 5.59. The van der Waals surface area contributed by atoms with E-state index in [1.54, 1.807) is 4.90 Å². The van der Waals surface area contributed by atoms with Crippen LogP contribution in [0.4, 0.5) is 9.18 Å². The van der Waals surface area contributed by atoms with E-state index in [0.29, 0.717) is 0 Å². The fourth-order valence-corrected chi connectivity index (χ4v) is 5.97. The highest BCUT2D eigenvalue weighted by Gasteiger charge is 2.37. The third kappa shape index (κ3) is 4.34. The van der Waals surface area contributed by atoms with Gasteiger partial charge in [-0.1, -0.05) is 26.0 Å². The van der Waals surface area contributed by atoms with Gasteiger partial charge in [-0.25, -0.2) is 17.6 Å². The third-order valence-electron chi connectivity index (χ3n) is 6.01. The van der Waals surface area contributed by atoms with Crippen molar-refractivity contribution in [2.45, 2.75) is 44.6 Å². The maximum absolute atomic E-state index is 14.0. The molecule has 0 radical (unpaired) electrons. The van der Waals surface area contributed by atoms with Gasteiger partial charge in [0.2, 0.25) is 10.0 Å². The lowest BCUT2D eigenvalue weighted by molar-refractivity contribution is 0.161. The zero-order valence-corrected chi connectivity index (χ0v) is 18.8. The number of aryl methyl sites for hydroxylation is 1. The normalized spacial score (nSPS) is 21.5. The van der Waals surface area contributed by atoms with Crippen molar-refractivity contribution in [3.8, 4) is 0 Å². The summed E-state index contributed by atoms with van der Waals surface area (Å²) in [6.07, 6.45) is 1.63. The molecule has 0 bridgehead atoms. The van der Waals surface area contributed by atoms with Crippen molar-refractivity contribution in [1.82, 2.24) is 14.5 Å². The smallest absolute Gasteiger partial charge is 0.317 e. The molecule has 9 heteroatoms. The van der Waals surface area contributed by atoms with Crippen LogP contribution in [0.5, 0.6) is 0 Å². The molecule has 1 unspecified atom stereocenters. The molecule has 1 atom stereocenters. The van der Waals surface area contributed by atoms with E-state index in [0.717, 1.165) is 36.0 Å². The molecule has 1 N–H and O–H groups in total. The maximum Gasteiger partial charge on any atom is 0.317 e. The molecule has 4 rings (SSSR count).